The maximum absolute atomic E-state index is 12.3. The van der Waals surface area contributed by atoms with Crippen LogP contribution >= 0.6 is 0 Å². The molecule has 2 amide bonds. The van der Waals surface area contributed by atoms with Crippen molar-refractivity contribution >= 4 is 23.3 Å². The maximum Gasteiger partial charge on any atom is 0.251 e. The van der Waals surface area contributed by atoms with E-state index in [9.17, 15) is 14.4 Å². The minimum Gasteiger partial charge on any atom is -0.388 e. The molecule has 5 N–H and O–H groups in total. The number of carbonyl (C=O) groups excluding carboxylic acids is 3. The van der Waals surface area contributed by atoms with E-state index in [4.69, 9.17) is 10.8 Å². The number of rotatable bonds is 9. The number of amides is 2. The minimum atomic E-state index is -0.935. The molecule has 0 saturated heterocycles. The first-order valence-corrected chi connectivity index (χ1v) is 11.5. The van der Waals surface area contributed by atoms with Crippen molar-refractivity contribution in [1.29, 1.82) is 0 Å². The van der Waals surface area contributed by atoms with E-state index in [2.05, 4.69) is 39.3 Å². The standard InChI is InChI=1S/C29H26N4O4/c30-19-26(27(35)20-34)33-29(37)23-12-8-21(9-13-23)5-1-2-6-22-10-14-25(15-11-22)32-28(36)17-16-24-7-3-4-18-31-24/h3-4,7-15,18,26,34H,16-17,19-20,30H2,(H,32,36)(H,33,37)/t26-/m0/s1. The van der Waals surface area contributed by atoms with E-state index in [1.54, 1.807) is 54.7 Å². The largest absolute Gasteiger partial charge is 0.388 e. The molecule has 0 radical (unpaired) electrons. The molecule has 0 aliphatic carbocycles. The number of carbonyl (C=O) groups is 3. The van der Waals surface area contributed by atoms with E-state index in [1.165, 1.54) is 0 Å². The number of aliphatic hydroxyl groups excluding tert-OH is 1. The second-order valence-electron chi connectivity index (χ2n) is 7.91. The van der Waals surface area contributed by atoms with Crippen molar-refractivity contribution in [3.05, 3.63) is 95.3 Å². The summed E-state index contributed by atoms with van der Waals surface area (Å²) >= 11 is 0. The lowest BCUT2D eigenvalue weighted by Crippen LogP contribution is -2.46. The molecular weight excluding hydrogens is 468 g/mol. The highest BCUT2D eigenvalue weighted by Crippen LogP contribution is 2.10. The lowest BCUT2D eigenvalue weighted by atomic mass is 10.1. The van der Waals surface area contributed by atoms with Gasteiger partial charge in [0, 0.05) is 47.2 Å². The fraction of sp³-hybridized carbons (Fsp3) is 0.172. The van der Waals surface area contributed by atoms with Gasteiger partial charge in [-0.2, -0.15) is 0 Å². The van der Waals surface area contributed by atoms with E-state index < -0.39 is 24.3 Å². The summed E-state index contributed by atoms with van der Waals surface area (Å²) in [6.45, 7) is -0.789. The number of hydrogen-bond donors (Lipinski definition) is 4. The van der Waals surface area contributed by atoms with Crippen molar-refractivity contribution < 1.29 is 19.5 Å². The van der Waals surface area contributed by atoms with Gasteiger partial charge in [-0.1, -0.05) is 17.9 Å². The summed E-state index contributed by atoms with van der Waals surface area (Å²) in [6.07, 6.45) is 2.63. The predicted octanol–water partition coefficient (Wildman–Crippen LogP) is 1.67. The van der Waals surface area contributed by atoms with Crippen LogP contribution in [0, 0.1) is 23.7 Å². The topological polar surface area (TPSA) is 134 Å². The average molecular weight is 495 g/mol. The van der Waals surface area contributed by atoms with Gasteiger partial charge in [-0.05, 0) is 78.9 Å². The van der Waals surface area contributed by atoms with Gasteiger partial charge in [-0.15, -0.1) is 0 Å². The number of nitrogens with one attached hydrogen (secondary N) is 2. The van der Waals surface area contributed by atoms with Crippen LogP contribution in [0.5, 0.6) is 0 Å². The molecule has 0 bridgehead atoms. The first-order chi connectivity index (χ1) is 18.0. The summed E-state index contributed by atoms with van der Waals surface area (Å²) in [7, 11) is 0. The highest BCUT2D eigenvalue weighted by atomic mass is 16.3. The van der Waals surface area contributed by atoms with Gasteiger partial charge in [0.1, 0.15) is 12.6 Å². The highest BCUT2D eigenvalue weighted by Gasteiger charge is 2.18. The molecule has 3 aromatic rings. The first-order valence-electron chi connectivity index (χ1n) is 11.5. The van der Waals surface area contributed by atoms with Crippen LogP contribution in [0.25, 0.3) is 0 Å². The Bertz CT molecular complexity index is 1350. The monoisotopic (exact) mass is 494 g/mol. The number of pyridine rings is 1. The van der Waals surface area contributed by atoms with Crippen molar-refractivity contribution in [1.82, 2.24) is 10.3 Å². The molecule has 0 unspecified atom stereocenters. The van der Waals surface area contributed by atoms with Gasteiger partial charge in [0.15, 0.2) is 5.78 Å². The van der Waals surface area contributed by atoms with Crippen molar-refractivity contribution in [2.24, 2.45) is 5.73 Å². The number of benzene rings is 2. The number of aromatic nitrogens is 1. The van der Waals surface area contributed by atoms with Crippen molar-refractivity contribution in [2.45, 2.75) is 18.9 Å². The summed E-state index contributed by atoms with van der Waals surface area (Å²) in [5, 5.41) is 14.3. The summed E-state index contributed by atoms with van der Waals surface area (Å²) < 4.78 is 0. The molecule has 0 fully saturated rings. The van der Waals surface area contributed by atoms with E-state index in [0.29, 0.717) is 29.7 Å². The number of nitrogens with two attached hydrogens (primary N) is 1. The molecule has 186 valence electrons. The molecule has 1 atom stereocenters. The third kappa shape index (κ3) is 8.75. The molecule has 8 nitrogen and oxygen atoms in total. The molecule has 1 aromatic heterocycles. The minimum absolute atomic E-state index is 0.0864. The van der Waals surface area contributed by atoms with Gasteiger partial charge in [0.05, 0.1) is 0 Å². The van der Waals surface area contributed by atoms with Gasteiger partial charge in [-0.3, -0.25) is 19.4 Å². The molecule has 3 rings (SSSR count). The molecular formula is C29H26N4O4. The zero-order chi connectivity index (χ0) is 26.5. The van der Waals surface area contributed by atoms with Crippen LogP contribution in [-0.2, 0) is 16.0 Å². The summed E-state index contributed by atoms with van der Waals surface area (Å²) in [4.78, 5) is 40.2. The Kier molecular flexibility index (Phi) is 10.1. The van der Waals surface area contributed by atoms with E-state index in [-0.39, 0.29) is 12.5 Å². The van der Waals surface area contributed by atoms with Gasteiger partial charge in [0.25, 0.3) is 5.91 Å². The molecule has 0 saturated carbocycles. The Hall–Kier alpha value is -4.76. The molecule has 37 heavy (non-hydrogen) atoms. The van der Waals surface area contributed by atoms with Crippen molar-refractivity contribution in [3.8, 4) is 23.7 Å². The Morgan fingerprint density at radius 2 is 1.57 bits per heavy atom. The van der Waals surface area contributed by atoms with Gasteiger partial charge < -0.3 is 21.5 Å². The Labute approximate surface area is 215 Å². The first kappa shape index (κ1) is 26.8. The van der Waals surface area contributed by atoms with Crippen molar-refractivity contribution in [3.63, 3.8) is 0 Å². The second-order valence-corrected chi connectivity index (χ2v) is 7.91. The molecule has 8 heteroatoms. The Balaban J connectivity index is 1.50. The predicted molar refractivity (Wildman–Crippen MR) is 140 cm³/mol. The summed E-state index contributed by atoms with van der Waals surface area (Å²) in [5.74, 6) is 10.3. The van der Waals surface area contributed by atoms with E-state index in [0.717, 1.165) is 11.3 Å². The molecule has 0 spiro atoms. The number of ketones is 1. The molecule has 0 aliphatic heterocycles. The molecule has 2 aromatic carbocycles. The van der Waals surface area contributed by atoms with Crippen LogP contribution in [-0.4, -0.2) is 46.9 Å². The van der Waals surface area contributed by atoms with E-state index >= 15 is 0 Å². The zero-order valence-corrected chi connectivity index (χ0v) is 20.0. The van der Waals surface area contributed by atoms with Crippen LogP contribution in [0.2, 0.25) is 0 Å². The van der Waals surface area contributed by atoms with Crippen LogP contribution in [0.4, 0.5) is 5.69 Å². The number of aliphatic hydroxyl groups is 1. The average Bonchev–Trinajstić information content (AvgIpc) is 2.94. The van der Waals surface area contributed by atoms with Gasteiger partial charge in [-0.25, -0.2) is 0 Å². The Morgan fingerprint density at radius 1 is 0.919 bits per heavy atom. The van der Waals surface area contributed by atoms with Crippen LogP contribution < -0.4 is 16.4 Å². The van der Waals surface area contributed by atoms with Gasteiger partial charge in [0.2, 0.25) is 5.91 Å². The maximum atomic E-state index is 12.3. The fourth-order valence-corrected chi connectivity index (χ4v) is 3.18. The molecule has 1 heterocycles. The smallest absolute Gasteiger partial charge is 0.251 e. The van der Waals surface area contributed by atoms with Gasteiger partial charge >= 0.3 is 0 Å². The normalized spacial score (nSPS) is 10.6. The Morgan fingerprint density at radius 3 is 2.14 bits per heavy atom. The molecule has 0 aliphatic rings. The lowest BCUT2D eigenvalue weighted by Gasteiger charge is -2.14. The number of hydrogen-bond acceptors (Lipinski definition) is 6. The van der Waals surface area contributed by atoms with Crippen LogP contribution in [0.3, 0.4) is 0 Å². The highest BCUT2D eigenvalue weighted by molar-refractivity contribution is 5.98. The quantitative estimate of drug-likeness (QED) is 0.335. The third-order valence-corrected chi connectivity index (χ3v) is 5.21. The van der Waals surface area contributed by atoms with E-state index in [1.807, 2.05) is 18.2 Å². The SMILES string of the molecule is NC[C@H](NC(=O)c1ccc(C#CC#Cc2ccc(NC(=O)CCc3ccccn3)cc2)cc1)C(=O)CO. The van der Waals surface area contributed by atoms with Crippen LogP contribution in [0.1, 0.15) is 33.6 Å². The number of aryl methyl sites for hydroxylation is 1. The number of nitrogens with zero attached hydrogens (tertiary/aromatic N) is 1. The second kappa shape index (κ2) is 14.0. The van der Waals surface area contributed by atoms with Crippen molar-refractivity contribution in [2.75, 3.05) is 18.5 Å². The fourth-order valence-electron chi connectivity index (χ4n) is 3.18. The lowest BCUT2D eigenvalue weighted by molar-refractivity contribution is -0.123. The third-order valence-electron chi connectivity index (χ3n) is 5.21. The van der Waals surface area contributed by atoms with Crippen LogP contribution in [0.15, 0.2) is 72.9 Å². The summed E-state index contributed by atoms with van der Waals surface area (Å²) in [6, 6.07) is 18.3. The number of anilines is 1. The number of Topliss-reactive ketones (excluding diaryl/α,β-unsaturated/α-hetero) is 1. The summed E-state index contributed by atoms with van der Waals surface area (Å²) in [5.41, 5.74) is 8.78. The zero-order valence-electron chi connectivity index (χ0n) is 20.0.